The third-order valence-electron chi connectivity index (χ3n) is 2.84. The molecule has 1 unspecified atom stereocenters. The maximum absolute atomic E-state index is 11.9. The van der Waals surface area contributed by atoms with Crippen molar-refractivity contribution in [2.75, 3.05) is 32.1 Å². The van der Waals surface area contributed by atoms with Crippen molar-refractivity contribution in [3.63, 3.8) is 0 Å². The number of morpholine rings is 1. The van der Waals surface area contributed by atoms with Gasteiger partial charge in [-0.25, -0.2) is 0 Å². The van der Waals surface area contributed by atoms with Crippen LogP contribution in [-0.4, -0.2) is 44.7 Å². The largest absolute Gasteiger partial charge is 0.366 e. The number of hydrogen-bond donors (Lipinski definition) is 3. The van der Waals surface area contributed by atoms with Crippen LogP contribution in [0, 0.1) is 0 Å². The summed E-state index contributed by atoms with van der Waals surface area (Å²) in [6.45, 7) is 1.78. The van der Waals surface area contributed by atoms with Gasteiger partial charge in [0.25, 0.3) is 11.8 Å². The van der Waals surface area contributed by atoms with Crippen LogP contribution in [0.2, 0.25) is 0 Å². The average molecular weight is 263 g/mol. The van der Waals surface area contributed by atoms with Crippen LogP contribution in [0.25, 0.3) is 0 Å². The van der Waals surface area contributed by atoms with Gasteiger partial charge >= 0.3 is 0 Å². The van der Waals surface area contributed by atoms with E-state index in [-0.39, 0.29) is 11.8 Å². The Hall–Kier alpha value is -1.92. The highest BCUT2D eigenvalue weighted by Crippen LogP contribution is 2.11. The highest BCUT2D eigenvalue weighted by atomic mass is 16.5. The van der Waals surface area contributed by atoms with E-state index in [4.69, 9.17) is 4.74 Å². The number of hydrogen-bond acceptors (Lipinski definition) is 4. The number of rotatable bonds is 3. The minimum atomic E-state index is -0.489. The third-order valence-corrected chi connectivity index (χ3v) is 2.84. The Morgan fingerprint density at radius 1 is 1.42 bits per heavy atom. The fourth-order valence-electron chi connectivity index (χ4n) is 1.84. The topological polar surface area (TPSA) is 79.5 Å². The molecule has 19 heavy (non-hydrogen) atoms. The summed E-state index contributed by atoms with van der Waals surface area (Å²) in [4.78, 5) is 23.4. The molecule has 1 aromatic rings. The predicted octanol–water partition coefficient (Wildman–Crippen LogP) is -0.0269. The number of nitrogens with one attached hydrogen (secondary N) is 3. The van der Waals surface area contributed by atoms with Gasteiger partial charge in [0.15, 0.2) is 0 Å². The second kappa shape index (κ2) is 6.31. The van der Waals surface area contributed by atoms with Gasteiger partial charge < -0.3 is 20.7 Å². The molecule has 102 valence electrons. The summed E-state index contributed by atoms with van der Waals surface area (Å²) in [5.41, 5.74) is 1.09. The smallest absolute Gasteiger partial charge is 0.254 e. The fourth-order valence-corrected chi connectivity index (χ4v) is 1.84. The van der Waals surface area contributed by atoms with Crippen LogP contribution in [0.15, 0.2) is 24.3 Å². The molecular formula is C13H17N3O3. The fraction of sp³-hybridized carbons (Fsp3) is 0.385. The van der Waals surface area contributed by atoms with E-state index in [1.807, 2.05) is 0 Å². The summed E-state index contributed by atoms with van der Waals surface area (Å²) in [6.07, 6.45) is -0.489. The Morgan fingerprint density at radius 2 is 2.26 bits per heavy atom. The third kappa shape index (κ3) is 3.52. The first-order valence-corrected chi connectivity index (χ1v) is 6.16. The van der Waals surface area contributed by atoms with Crippen molar-refractivity contribution in [1.82, 2.24) is 10.6 Å². The van der Waals surface area contributed by atoms with Crippen LogP contribution >= 0.6 is 0 Å². The second-order valence-corrected chi connectivity index (χ2v) is 4.21. The Labute approximate surface area is 111 Å². The first kappa shape index (κ1) is 13.5. The SMILES string of the molecule is CNC(=O)c1cccc(NC(=O)C2CNCCO2)c1. The summed E-state index contributed by atoms with van der Waals surface area (Å²) in [6, 6.07) is 6.78. The van der Waals surface area contributed by atoms with Gasteiger partial charge in [-0.1, -0.05) is 6.07 Å². The van der Waals surface area contributed by atoms with E-state index in [9.17, 15) is 9.59 Å². The first-order valence-electron chi connectivity index (χ1n) is 6.16. The lowest BCUT2D eigenvalue weighted by atomic mass is 10.2. The highest BCUT2D eigenvalue weighted by Gasteiger charge is 2.21. The molecule has 3 N–H and O–H groups in total. The second-order valence-electron chi connectivity index (χ2n) is 4.21. The summed E-state index contributed by atoms with van der Waals surface area (Å²) in [7, 11) is 1.56. The lowest BCUT2D eigenvalue weighted by molar-refractivity contribution is -0.128. The average Bonchev–Trinajstić information content (AvgIpc) is 2.47. The lowest BCUT2D eigenvalue weighted by Gasteiger charge is -2.22. The zero-order chi connectivity index (χ0) is 13.7. The Morgan fingerprint density at radius 3 is 2.95 bits per heavy atom. The van der Waals surface area contributed by atoms with E-state index < -0.39 is 6.10 Å². The molecule has 0 aromatic heterocycles. The molecule has 1 aliphatic heterocycles. The minimum Gasteiger partial charge on any atom is -0.366 e. The zero-order valence-electron chi connectivity index (χ0n) is 10.7. The van der Waals surface area contributed by atoms with Crippen LogP contribution in [0.1, 0.15) is 10.4 Å². The Kier molecular flexibility index (Phi) is 4.48. The number of carbonyl (C=O) groups is 2. The van der Waals surface area contributed by atoms with E-state index in [2.05, 4.69) is 16.0 Å². The van der Waals surface area contributed by atoms with E-state index in [0.29, 0.717) is 24.4 Å². The van der Waals surface area contributed by atoms with Gasteiger partial charge in [-0.2, -0.15) is 0 Å². The van der Waals surface area contributed by atoms with Crippen LogP contribution in [0.3, 0.4) is 0 Å². The van der Waals surface area contributed by atoms with Gasteiger partial charge in [-0.3, -0.25) is 9.59 Å². The summed E-state index contributed by atoms with van der Waals surface area (Å²) in [5.74, 6) is -0.395. The van der Waals surface area contributed by atoms with E-state index in [0.717, 1.165) is 6.54 Å². The quantitative estimate of drug-likeness (QED) is 0.715. The number of benzene rings is 1. The van der Waals surface area contributed by atoms with Gasteiger partial charge in [-0.15, -0.1) is 0 Å². The molecule has 1 atom stereocenters. The Balaban J connectivity index is 2.02. The molecule has 6 nitrogen and oxygen atoms in total. The predicted molar refractivity (Wildman–Crippen MR) is 71.1 cm³/mol. The van der Waals surface area contributed by atoms with Crippen LogP contribution in [0.4, 0.5) is 5.69 Å². The first-order chi connectivity index (χ1) is 9.20. The molecule has 1 aliphatic rings. The molecule has 0 bridgehead atoms. The summed E-state index contributed by atoms with van der Waals surface area (Å²) in [5, 5.41) is 8.38. The summed E-state index contributed by atoms with van der Waals surface area (Å²) < 4.78 is 5.36. The van der Waals surface area contributed by atoms with Crippen molar-refractivity contribution < 1.29 is 14.3 Å². The van der Waals surface area contributed by atoms with Crippen molar-refractivity contribution in [2.24, 2.45) is 0 Å². The Bertz CT molecular complexity index is 470. The minimum absolute atomic E-state index is 0.188. The maximum atomic E-state index is 11.9. The van der Waals surface area contributed by atoms with Crippen molar-refractivity contribution >= 4 is 17.5 Å². The van der Waals surface area contributed by atoms with Gasteiger partial charge in [0, 0.05) is 31.4 Å². The molecule has 1 aromatic carbocycles. The zero-order valence-corrected chi connectivity index (χ0v) is 10.7. The highest BCUT2D eigenvalue weighted by molar-refractivity contribution is 5.98. The van der Waals surface area contributed by atoms with Gasteiger partial charge in [0.2, 0.25) is 0 Å². The van der Waals surface area contributed by atoms with E-state index >= 15 is 0 Å². The number of ether oxygens (including phenoxy) is 1. The molecule has 1 fully saturated rings. The van der Waals surface area contributed by atoms with Crippen molar-refractivity contribution in [2.45, 2.75) is 6.10 Å². The van der Waals surface area contributed by atoms with Crippen molar-refractivity contribution in [1.29, 1.82) is 0 Å². The number of anilines is 1. The number of amides is 2. The molecule has 1 saturated heterocycles. The van der Waals surface area contributed by atoms with E-state index in [1.165, 1.54) is 0 Å². The monoisotopic (exact) mass is 263 g/mol. The van der Waals surface area contributed by atoms with Crippen molar-refractivity contribution in [3.05, 3.63) is 29.8 Å². The van der Waals surface area contributed by atoms with Crippen molar-refractivity contribution in [3.8, 4) is 0 Å². The molecule has 0 spiro atoms. The molecule has 0 aliphatic carbocycles. The van der Waals surface area contributed by atoms with Crippen LogP contribution < -0.4 is 16.0 Å². The van der Waals surface area contributed by atoms with E-state index in [1.54, 1.807) is 31.3 Å². The van der Waals surface area contributed by atoms with Crippen LogP contribution in [-0.2, 0) is 9.53 Å². The standard InChI is InChI=1S/C13H17N3O3/c1-14-12(17)9-3-2-4-10(7-9)16-13(18)11-8-15-5-6-19-11/h2-4,7,11,15H,5-6,8H2,1H3,(H,14,17)(H,16,18). The number of carbonyl (C=O) groups excluding carboxylic acids is 2. The molecule has 1 heterocycles. The van der Waals surface area contributed by atoms with Crippen LogP contribution in [0.5, 0.6) is 0 Å². The molecule has 6 heteroatoms. The maximum Gasteiger partial charge on any atom is 0.254 e. The normalized spacial score (nSPS) is 18.7. The lowest BCUT2D eigenvalue weighted by Crippen LogP contribution is -2.45. The molecule has 0 radical (unpaired) electrons. The van der Waals surface area contributed by atoms with Gasteiger partial charge in [0.05, 0.1) is 6.61 Å². The van der Waals surface area contributed by atoms with Gasteiger partial charge in [-0.05, 0) is 18.2 Å². The molecule has 2 rings (SSSR count). The summed E-state index contributed by atoms with van der Waals surface area (Å²) >= 11 is 0. The molecule has 2 amide bonds. The molecule has 0 saturated carbocycles. The van der Waals surface area contributed by atoms with Gasteiger partial charge in [0.1, 0.15) is 6.10 Å². The molecular weight excluding hydrogens is 246 g/mol.